The van der Waals surface area contributed by atoms with E-state index >= 15 is 0 Å². The summed E-state index contributed by atoms with van der Waals surface area (Å²) >= 11 is 0. The highest BCUT2D eigenvalue weighted by atomic mass is 16.4. The summed E-state index contributed by atoms with van der Waals surface area (Å²) in [4.78, 5) is 15.0. The molecule has 0 unspecified atom stereocenters. The summed E-state index contributed by atoms with van der Waals surface area (Å²) in [5.74, 6) is 0.589. The highest BCUT2D eigenvalue weighted by Gasteiger charge is 2.07. The number of hydrogen-bond acceptors (Lipinski definition) is 4. The Hall–Kier alpha value is -3.15. The van der Waals surface area contributed by atoms with E-state index in [1.165, 1.54) is 6.39 Å². The van der Waals surface area contributed by atoms with Crippen LogP contribution in [0, 0.1) is 0 Å². The Bertz CT molecular complexity index is 982. The summed E-state index contributed by atoms with van der Waals surface area (Å²) in [6.07, 6.45) is 1.93. The number of hydrogen-bond donors (Lipinski definition) is 1. The minimum Gasteiger partial charge on any atom is -0.428 e. The summed E-state index contributed by atoms with van der Waals surface area (Å²) in [5.41, 5.74) is 3.81. The Morgan fingerprint density at radius 2 is 1.83 bits per heavy atom. The topological polar surface area (TPSA) is 76.7 Å². The molecule has 0 aliphatic carbocycles. The Balaban J connectivity index is 1.59. The summed E-state index contributed by atoms with van der Waals surface area (Å²) in [6.45, 7) is 0.531. The van der Waals surface area contributed by atoms with Gasteiger partial charge < -0.3 is 9.40 Å². The first-order chi connectivity index (χ1) is 11.3. The Morgan fingerprint density at radius 3 is 2.61 bits per heavy atom. The van der Waals surface area contributed by atoms with Crippen molar-refractivity contribution in [1.29, 1.82) is 0 Å². The third-order valence-corrected chi connectivity index (χ3v) is 3.81. The molecule has 1 N–H and O–H groups in total. The predicted octanol–water partition coefficient (Wildman–Crippen LogP) is 2.35. The molecule has 114 valence electrons. The molecule has 23 heavy (non-hydrogen) atoms. The second-order valence-electron chi connectivity index (χ2n) is 5.36. The van der Waals surface area contributed by atoms with Crippen LogP contribution in [0.15, 0.2) is 64.1 Å². The number of benzene rings is 2. The van der Waals surface area contributed by atoms with Gasteiger partial charge in [0.1, 0.15) is 0 Å². The van der Waals surface area contributed by atoms with Crippen LogP contribution in [-0.2, 0) is 13.0 Å². The van der Waals surface area contributed by atoms with Crippen molar-refractivity contribution in [3.63, 3.8) is 0 Å². The average Bonchev–Trinajstić information content (AvgIpc) is 3.18. The van der Waals surface area contributed by atoms with Crippen LogP contribution >= 0.6 is 0 Å². The first-order valence-electron chi connectivity index (χ1n) is 7.30. The van der Waals surface area contributed by atoms with Gasteiger partial charge in [-0.3, -0.25) is 4.57 Å². The molecule has 0 radical (unpaired) electrons. The first-order valence-corrected chi connectivity index (χ1v) is 7.30. The van der Waals surface area contributed by atoms with Gasteiger partial charge in [-0.2, -0.15) is 0 Å². The van der Waals surface area contributed by atoms with Crippen LogP contribution in [0.2, 0.25) is 0 Å². The lowest BCUT2D eigenvalue weighted by Crippen LogP contribution is -2.17. The minimum atomic E-state index is -0.0962. The molecule has 6 heteroatoms. The molecular weight excluding hydrogens is 292 g/mol. The van der Waals surface area contributed by atoms with Crippen LogP contribution < -0.4 is 5.69 Å². The quantitative estimate of drug-likeness (QED) is 0.628. The molecule has 0 aliphatic heterocycles. The number of rotatable bonds is 4. The number of nitrogens with one attached hydrogen (secondary N) is 1. The van der Waals surface area contributed by atoms with E-state index in [9.17, 15) is 4.79 Å². The van der Waals surface area contributed by atoms with Gasteiger partial charge in [0.25, 0.3) is 0 Å². The highest BCUT2D eigenvalue weighted by Crippen LogP contribution is 2.13. The fourth-order valence-electron chi connectivity index (χ4n) is 2.66. The van der Waals surface area contributed by atoms with E-state index in [4.69, 9.17) is 4.42 Å². The van der Waals surface area contributed by atoms with Crippen LogP contribution in [0.25, 0.3) is 11.0 Å². The number of para-hydroxylation sites is 2. The van der Waals surface area contributed by atoms with Gasteiger partial charge in [-0.1, -0.05) is 36.4 Å². The van der Waals surface area contributed by atoms with Gasteiger partial charge in [-0.25, -0.2) is 4.79 Å². The van der Waals surface area contributed by atoms with Crippen molar-refractivity contribution in [2.45, 2.75) is 13.0 Å². The zero-order valence-electron chi connectivity index (χ0n) is 12.3. The molecule has 6 nitrogen and oxygen atoms in total. The van der Waals surface area contributed by atoms with Crippen molar-refractivity contribution < 1.29 is 4.42 Å². The number of aromatic nitrogens is 4. The van der Waals surface area contributed by atoms with Crippen LogP contribution in [-0.4, -0.2) is 19.7 Å². The van der Waals surface area contributed by atoms with E-state index in [1.54, 1.807) is 4.57 Å². The summed E-state index contributed by atoms with van der Waals surface area (Å²) < 4.78 is 6.88. The van der Waals surface area contributed by atoms with Gasteiger partial charge in [0.2, 0.25) is 12.3 Å². The summed E-state index contributed by atoms with van der Waals surface area (Å²) in [7, 11) is 0. The maximum absolute atomic E-state index is 12.1. The van der Waals surface area contributed by atoms with Crippen molar-refractivity contribution >= 4 is 11.0 Å². The molecule has 0 saturated carbocycles. The molecule has 4 aromatic rings. The van der Waals surface area contributed by atoms with E-state index < -0.39 is 0 Å². The van der Waals surface area contributed by atoms with Gasteiger partial charge in [-0.05, 0) is 23.3 Å². The van der Waals surface area contributed by atoms with Crippen LogP contribution in [0.4, 0.5) is 0 Å². The summed E-state index contributed by atoms with van der Waals surface area (Å²) in [6, 6.07) is 15.7. The molecule has 0 amide bonds. The normalized spacial score (nSPS) is 11.1. The molecule has 0 spiro atoms. The lowest BCUT2D eigenvalue weighted by molar-refractivity contribution is 0.505. The number of nitrogens with zero attached hydrogens (tertiary/aromatic N) is 3. The smallest absolute Gasteiger partial charge is 0.326 e. The fourth-order valence-corrected chi connectivity index (χ4v) is 2.66. The third kappa shape index (κ3) is 2.66. The molecule has 0 fully saturated rings. The zero-order chi connectivity index (χ0) is 15.6. The van der Waals surface area contributed by atoms with Crippen molar-refractivity contribution in [3.8, 4) is 0 Å². The zero-order valence-corrected chi connectivity index (χ0v) is 12.3. The Labute approximate surface area is 131 Å². The summed E-state index contributed by atoms with van der Waals surface area (Å²) in [5, 5.41) is 7.54. The maximum atomic E-state index is 12.1. The number of imidazole rings is 1. The van der Waals surface area contributed by atoms with Gasteiger partial charge >= 0.3 is 5.69 Å². The Morgan fingerprint density at radius 1 is 1.04 bits per heavy atom. The van der Waals surface area contributed by atoms with Crippen molar-refractivity contribution in [2.75, 3.05) is 0 Å². The molecule has 2 heterocycles. The fraction of sp³-hybridized carbons (Fsp3) is 0.118. The van der Waals surface area contributed by atoms with Gasteiger partial charge in [0, 0.05) is 0 Å². The average molecular weight is 306 g/mol. The molecule has 0 bridgehead atoms. The van der Waals surface area contributed by atoms with E-state index in [2.05, 4.69) is 15.2 Å². The van der Waals surface area contributed by atoms with Crippen LogP contribution in [0.5, 0.6) is 0 Å². The first kappa shape index (κ1) is 13.5. The second kappa shape index (κ2) is 5.57. The number of aromatic amines is 1. The van der Waals surface area contributed by atoms with Gasteiger partial charge in [0.15, 0.2) is 0 Å². The standard InChI is InChI=1S/C17H14N4O2/c22-17-19-14-3-1-2-4-15(14)21(17)10-13-7-5-12(6-8-13)9-16-20-18-11-23-16/h1-8,11H,9-10H2,(H,19,22). The van der Waals surface area contributed by atoms with E-state index in [1.807, 2.05) is 48.5 Å². The molecule has 2 aromatic heterocycles. The molecule has 0 aliphatic rings. The van der Waals surface area contributed by atoms with Crippen molar-refractivity contribution in [2.24, 2.45) is 0 Å². The molecule has 2 aromatic carbocycles. The highest BCUT2D eigenvalue weighted by molar-refractivity contribution is 5.75. The largest absolute Gasteiger partial charge is 0.428 e. The number of fused-ring (bicyclic) bond motifs is 1. The maximum Gasteiger partial charge on any atom is 0.326 e. The number of H-pyrrole nitrogens is 1. The van der Waals surface area contributed by atoms with E-state index in [0.29, 0.717) is 18.9 Å². The lowest BCUT2D eigenvalue weighted by Gasteiger charge is -2.05. The lowest BCUT2D eigenvalue weighted by atomic mass is 10.1. The SMILES string of the molecule is O=c1[nH]c2ccccc2n1Cc1ccc(Cc2nnco2)cc1. The van der Waals surface area contributed by atoms with E-state index in [-0.39, 0.29) is 5.69 Å². The van der Waals surface area contributed by atoms with Crippen molar-refractivity contribution in [3.05, 3.63) is 82.4 Å². The third-order valence-electron chi connectivity index (χ3n) is 3.81. The second-order valence-corrected chi connectivity index (χ2v) is 5.36. The monoisotopic (exact) mass is 306 g/mol. The Kier molecular flexibility index (Phi) is 3.27. The molecule has 0 saturated heterocycles. The van der Waals surface area contributed by atoms with E-state index in [0.717, 1.165) is 22.2 Å². The van der Waals surface area contributed by atoms with Gasteiger partial charge in [0.05, 0.1) is 24.0 Å². The molecule has 0 atom stereocenters. The molecule has 4 rings (SSSR count). The molecular formula is C17H14N4O2. The van der Waals surface area contributed by atoms with Crippen LogP contribution in [0.1, 0.15) is 17.0 Å². The van der Waals surface area contributed by atoms with Gasteiger partial charge in [-0.15, -0.1) is 10.2 Å². The van der Waals surface area contributed by atoms with Crippen molar-refractivity contribution in [1.82, 2.24) is 19.7 Å². The van der Waals surface area contributed by atoms with Crippen LogP contribution in [0.3, 0.4) is 0 Å². The predicted molar refractivity (Wildman–Crippen MR) is 85.2 cm³/mol. The minimum absolute atomic E-state index is 0.0962.